The van der Waals surface area contributed by atoms with Gasteiger partial charge in [0.2, 0.25) is 0 Å². The Morgan fingerprint density at radius 2 is 0.952 bits per heavy atom. The first kappa shape index (κ1) is 35.4. The van der Waals surface area contributed by atoms with Crippen LogP contribution in [0.25, 0.3) is 43.8 Å². The second-order valence-corrected chi connectivity index (χ2v) is 16.4. The highest BCUT2D eigenvalue weighted by molar-refractivity contribution is 6.11. The van der Waals surface area contributed by atoms with Crippen molar-refractivity contribution in [3.05, 3.63) is 253 Å². The van der Waals surface area contributed by atoms with Gasteiger partial charge >= 0.3 is 0 Å². The number of anilines is 6. The standard InChI is InChI=1S/C59H38N2O2/c1-4-18-40(19-5-1)60(41-20-6-2-7-21-41)44-33-35-48-49-26-16-29-54(58(49)63-56(48)38-44)61(42-22-8-3-9-23-42)43-32-34-47-46-25-12-13-27-50(46)59(53(47)37-43)51-28-14-15-30-55(51)62-57-45-24-11-10-17-39(45)31-36-52(57)59/h1-38H. The molecule has 2 heterocycles. The van der Waals surface area contributed by atoms with Crippen molar-refractivity contribution < 1.29 is 9.15 Å². The van der Waals surface area contributed by atoms with Crippen LogP contribution in [0.3, 0.4) is 0 Å². The van der Waals surface area contributed by atoms with Crippen molar-refractivity contribution in [3.63, 3.8) is 0 Å². The Balaban J connectivity index is 1.04. The van der Waals surface area contributed by atoms with Gasteiger partial charge in [-0.25, -0.2) is 0 Å². The van der Waals surface area contributed by atoms with E-state index in [1.54, 1.807) is 0 Å². The Morgan fingerprint density at radius 1 is 0.349 bits per heavy atom. The minimum absolute atomic E-state index is 0.635. The first-order chi connectivity index (χ1) is 31.3. The monoisotopic (exact) mass is 806 g/mol. The number of ether oxygens (including phenoxy) is 1. The van der Waals surface area contributed by atoms with E-state index in [9.17, 15) is 0 Å². The summed E-state index contributed by atoms with van der Waals surface area (Å²) in [5.41, 5.74) is 14.4. The quantitative estimate of drug-likeness (QED) is 0.167. The maximum atomic E-state index is 7.07. The average molecular weight is 807 g/mol. The van der Waals surface area contributed by atoms with Crippen molar-refractivity contribution in [3.8, 4) is 22.6 Å². The normalized spacial score (nSPS) is 14.5. The van der Waals surface area contributed by atoms with Crippen LogP contribution in [0.1, 0.15) is 22.3 Å². The van der Waals surface area contributed by atoms with Gasteiger partial charge in [0.25, 0.3) is 0 Å². The molecule has 1 aromatic heterocycles. The van der Waals surface area contributed by atoms with E-state index in [2.05, 4.69) is 240 Å². The summed E-state index contributed by atoms with van der Waals surface area (Å²) in [4.78, 5) is 4.63. The molecule has 296 valence electrons. The van der Waals surface area contributed by atoms with Crippen LogP contribution < -0.4 is 14.5 Å². The summed E-state index contributed by atoms with van der Waals surface area (Å²) in [6.45, 7) is 0. The molecule has 10 aromatic carbocycles. The Labute approximate surface area is 365 Å². The van der Waals surface area contributed by atoms with Gasteiger partial charge in [0.05, 0.1) is 11.1 Å². The first-order valence-corrected chi connectivity index (χ1v) is 21.5. The number of para-hydroxylation sites is 5. The first-order valence-electron chi connectivity index (χ1n) is 21.5. The van der Waals surface area contributed by atoms with E-state index in [1.807, 2.05) is 0 Å². The van der Waals surface area contributed by atoms with Gasteiger partial charge in [-0.05, 0) is 100 Å². The predicted octanol–water partition coefficient (Wildman–Crippen LogP) is 16.1. The third-order valence-corrected chi connectivity index (χ3v) is 13.1. The van der Waals surface area contributed by atoms with Gasteiger partial charge in [0.1, 0.15) is 17.1 Å². The topological polar surface area (TPSA) is 28.9 Å². The second kappa shape index (κ2) is 13.8. The molecule has 4 nitrogen and oxygen atoms in total. The number of benzene rings is 10. The van der Waals surface area contributed by atoms with Crippen LogP contribution in [0.2, 0.25) is 0 Å². The van der Waals surface area contributed by atoms with Gasteiger partial charge in [-0.1, -0.05) is 152 Å². The van der Waals surface area contributed by atoms with E-state index in [-0.39, 0.29) is 0 Å². The molecule has 1 aliphatic carbocycles. The SMILES string of the molecule is c1ccc(N(c2ccccc2)c2ccc3c(c2)oc2c(N(c4ccccc4)c4ccc5c(c4)C4(c6ccccc6Oc6c4ccc4ccccc64)c4ccccc4-5)cccc23)cc1. The summed E-state index contributed by atoms with van der Waals surface area (Å²) in [6.07, 6.45) is 0. The average Bonchev–Trinajstić information content (AvgIpc) is 3.86. The maximum absolute atomic E-state index is 7.07. The molecular weight excluding hydrogens is 769 g/mol. The maximum Gasteiger partial charge on any atom is 0.159 e. The van der Waals surface area contributed by atoms with Crippen LogP contribution in [-0.2, 0) is 5.41 Å². The van der Waals surface area contributed by atoms with Gasteiger partial charge < -0.3 is 19.0 Å². The highest BCUT2D eigenvalue weighted by atomic mass is 16.5. The molecule has 0 bridgehead atoms. The molecular formula is C59H38N2O2. The number of hydrogen-bond donors (Lipinski definition) is 0. The fourth-order valence-electron chi connectivity index (χ4n) is 10.4. The summed E-state index contributed by atoms with van der Waals surface area (Å²) < 4.78 is 14.0. The van der Waals surface area contributed by atoms with Crippen molar-refractivity contribution in [1.29, 1.82) is 0 Å². The van der Waals surface area contributed by atoms with Crippen molar-refractivity contribution in [2.24, 2.45) is 0 Å². The Bertz CT molecular complexity index is 3520. The van der Waals surface area contributed by atoms with E-state index in [1.165, 1.54) is 22.3 Å². The molecule has 63 heavy (non-hydrogen) atoms. The molecule has 13 rings (SSSR count). The lowest BCUT2D eigenvalue weighted by Gasteiger charge is -2.40. The molecule has 1 atom stereocenters. The second-order valence-electron chi connectivity index (χ2n) is 16.4. The molecule has 0 N–H and O–H groups in total. The van der Waals surface area contributed by atoms with Gasteiger partial charge in [-0.15, -0.1) is 0 Å². The van der Waals surface area contributed by atoms with Crippen LogP contribution in [-0.4, -0.2) is 0 Å². The molecule has 0 saturated carbocycles. The number of fused-ring (bicyclic) bond motifs is 14. The largest absolute Gasteiger partial charge is 0.456 e. The summed E-state index contributed by atoms with van der Waals surface area (Å²) in [5, 5.41) is 4.38. The van der Waals surface area contributed by atoms with Crippen LogP contribution in [0.4, 0.5) is 34.1 Å². The zero-order valence-electron chi connectivity index (χ0n) is 34.2. The van der Waals surface area contributed by atoms with Crippen molar-refractivity contribution in [2.75, 3.05) is 9.80 Å². The fourth-order valence-corrected chi connectivity index (χ4v) is 10.4. The number of nitrogens with zero attached hydrogens (tertiary/aromatic N) is 2. The van der Waals surface area contributed by atoms with Crippen LogP contribution in [0.15, 0.2) is 235 Å². The molecule has 0 amide bonds. The van der Waals surface area contributed by atoms with Gasteiger partial charge in [0, 0.05) is 61.8 Å². The van der Waals surface area contributed by atoms with E-state index >= 15 is 0 Å². The van der Waals surface area contributed by atoms with E-state index in [4.69, 9.17) is 9.15 Å². The van der Waals surface area contributed by atoms with E-state index < -0.39 is 5.41 Å². The van der Waals surface area contributed by atoms with Crippen molar-refractivity contribution in [2.45, 2.75) is 5.41 Å². The third kappa shape index (κ3) is 5.22. The number of rotatable bonds is 6. The summed E-state index contributed by atoms with van der Waals surface area (Å²) in [7, 11) is 0. The lowest BCUT2D eigenvalue weighted by molar-refractivity contribution is 0.441. The van der Waals surface area contributed by atoms with Gasteiger partial charge in [0.15, 0.2) is 5.58 Å². The molecule has 1 unspecified atom stereocenters. The third-order valence-electron chi connectivity index (χ3n) is 13.1. The van der Waals surface area contributed by atoms with Crippen LogP contribution in [0, 0.1) is 0 Å². The lowest BCUT2D eigenvalue weighted by Crippen LogP contribution is -2.32. The highest BCUT2D eigenvalue weighted by Gasteiger charge is 2.51. The molecule has 1 spiro atoms. The minimum atomic E-state index is -0.635. The van der Waals surface area contributed by atoms with Gasteiger partial charge in [-0.2, -0.15) is 0 Å². The molecule has 1 aliphatic heterocycles. The number of hydrogen-bond acceptors (Lipinski definition) is 4. The molecule has 0 fully saturated rings. The van der Waals surface area contributed by atoms with E-state index in [0.717, 1.165) is 89.5 Å². The van der Waals surface area contributed by atoms with Crippen LogP contribution in [0.5, 0.6) is 11.5 Å². The fraction of sp³-hybridized carbons (Fsp3) is 0.0169. The van der Waals surface area contributed by atoms with Crippen LogP contribution >= 0.6 is 0 Å². The lowest BCUT2D eigenvalue weighted by atomic mass is 9.65. The zero-order valence-corrected chi connectivity index (χ0v) is 34.2. The van der Waals surface area contributed by atoms with E-state index in [0.29, 0.717) is 0 Å². The molecule has 11 aromatic rings. The Hall–Kier alpha value is -8.34. The molecule has 0 saturated heterocycles. The molecule has 2 aliphatic rings. The smallest absolute Gasteiger partial charge is 0.159 e. The summed E-state index contributed by atoms with van der Waals surface area (Å²) in [5.74, 6) is 1.78. The van der Waals surface area contributed by atoms with Crippen molar-refractivity contribution >= 4 is 66.8 Å². The highest BCUT2D eigenvalue weighted by Crippen LogP contribution is 2.63. The van der Waals surface area contributed by atoms with Crippen molar-refractivity contribution in [1.82, 2.24) is 0 Å². The molecule has 4 heteroatoms. The zero-order chi connectivity index (χ0) is 41.5. The van der Waals surface area contributed by atoms with Gasteiger partial charge in [-0.3, -0.25) is 0 Å². The number of furan rings is 1. The predicted molar refractivity (Wildman–Crippen MR) is 258 cm³/mol. The summed E-state index contributed by atoms with van der Waals surface area (Å²) in [6, 6.07) is 82.3. The Morgan fingerprint density at radius 3 is 1.73 bits per heavy atom. The Kier molecular flexibility index (Phi) is 7.79. The minimum Gasteiger partial charge on any atom is -0.456 e. The molecule has 0 radical (unpaired) electrons. The summed E-state index contributed by atoms with van der Waals surface area (Å²) >= 11 is 0.